The number of fused-ring (bicyclic) bond motifs is 1. The fourth-order valence-corrected chi connectivity index (χ4v) is 2.88. The van der Waals surface area contributed by atoms with Crippen LogP contribution in [0, 0.1) is 0 Å². The van der Waals surface area contributed by atoms with Gasteiger partial charge in [0.15, 0.2) is 6.10 Å². The van der Waals surface area contributed by atoms with Gasteiger partial charge in [-0.1, -0.05) is 24.3 Å². The van der Waals surface area contributed by atoms with Gasteiger partial charge in [-0.05, 0) is 36.8 Å². The van der Waals surface area contributed by atoms with Gasteiger partial charge in [0.05, 0.1) is 18.2 Å². The highest BCUT2D eigenvalue weighted by Gasteiger charge is 2.37. The molecule has 8 heteroatoms. The second kappa shape index (κ2) is 8.55. The number of carbonyl (C=O) groups is 4. The summed E-state index contributed by atoms with van der Waals surface area (Å²) in [6.45, 7) is 1.12. The van der Waals surface area contributed by atoms with Crippen LogP contribution in [-0.4, -0.2) is 48.3 Å². The summed E-state index contributed by atoms with van der Waals surface area (Å²) in [5.41, 5.74) is 1.34. The molecule has 0 aliphatic carbocycles. The predicted molar refractivity (Wildman–Crippen MR) is 102 cm³/mol. The fraction of sp³-hybridized carbons (Fsp3) is 0.238. The monoisotopic (exact) mass is 396 g/mol. The average Bonchev–Trinajstić information content (AvgIpc) is 2.97. The average molecular weight is 396 g/mol. The van der Waals surface area contributed by atoms with E-state index < -0.39 is 36.3 Å². The van der Waals surface area contributed by atoms with Crippen LogP contribution in [0.2, 0.25) is 0 Å². The summed E-state index contributed by atoms with van der Waals surface area (Å²) >= 11 is 0. The van der Waals surface area contributed by atoms with Crippen molar-refractivity contribution in [2.45, 2.75) is 19.6 Å². The number of ether oxygens (including phenoxy) is 2. The van der Waals surface area contributed by atoms with Crippen LogP contribution in [0.3, 0.4) is 0 Å². The standard InChI is InChI=1S/C21H20N2O6/c1-13(19(25)22-11-14-7-9-15(28-2)10-8-14)29-18(24)12-23-20(26)16-5-3-4-6-17(16)21(23)27/h3-10,13H,11-12H2,1-2H3,(H,22,25)/t13-/m1/s1. The van der Waals surface area contributed by atoms with E-state index in [0.717, 1.165) is 10.5 Å². The van der Waals surface area contributed by atoms with Crippen LogP contribution < -0.4 is 10.1 Å². The summed E-state index contributed by atoms with van der Waals surface area (Å²) in [4.78, 5) is 49.7. The third-order valence-electron chi connectivity index (χ3n) is 4.47. The van der Waals surface area contributed by atoms with Gasteiger partial charge in [-0.3, -0.25) is 24.1 Å². The largest absolute Gasteiger partial charge is 0.497 e. The van der Waals surface area contributed by atoms with Crippen LogP contribution in [0.15, 0.2) is 48.5 Å². The van der Waals surface area contributed by atoms with Crippen LogP contribution in [0.4, 0.5) is 0 Å². The molecule has 1 aliphatic heterocycles. The molecule has 150 valence electrons. The molecular formula is C21H20N2O6. The molecule has 1 N–H and O–H groups in total. The Labute approximate surface area is 167 Å². The normalized spacial score (nSPS) is 13.7. The molecule has 0 bridgehead atoms. The number of imide groups is 1. The number of hydrogen-bond donors (Lipinski definition) is 1. The minimum absolute atomic E-state index is 0.246. The Bertz CT molecular complexity index is 919. The number of nitrogens with zero attached hydrogens (tertiary/aromatic N) is 1. The first-order valence-corrected chi connectivity index (χ1v) is 8.96. The van der Waals surface area contributed by atoms with Gasteiger partial charge in [0.25, 0.3) is 17.7 Å². The first-order valence-electron chi connectivity index (χ1n) is 8.96. The van der Waals surface area contributed by atoms with Gasteiger partial charge >= 0.3 is 5.97 Å². The summed E-state index contributed by atoms with van der Waals surface area (Å²) < 4.78 is 10.1. The number of hydrogen-bond acceptors (Lipinski definition) is 6. The zero-order valence-corrected chi connectivity index (χ0v) is 16.0. The highest BCUT2D eigenvalue weighted by atomic mass is 16.5. The molecule has 0 aromatic heterocycles. The Morgan fingerprint density at radius 1 is 1.00 bits per heavy atom. The molecule has 1 heterocycles. The number of rotatable bonds is 7. The van der Waals surface area contributed by atoms with Gasteiger partial charge in [0, 0.05) is 6.54 Å². The van der Waals surface area contributed by atoms with E-state index in [9.17, 15) is 19.2 Å². The lowest BCUT2D eigenvalue weighted by Gasteiger charge is -2.16. The first-order chi connectivity index (χ1) is 13.9. The number of amides is 3. The van der Waals surface area contributed by atoms with E-state index >= 15 is 0 Å². The van der Waals surface area contributed by atoms with Crippen molar-refractivity contribution in [3.05, 3.63) is 65.2 Å². The molecule has 3 amide bonds. The summed E-state index contributed by atoms with van der Waals surface area (Å²) in [5.74, 6) is -1.74. The lowest BCUT2D eigenvalue weighted by atomic mass is 10.1. The maximum Gasteiger partial charge on any atom is 0.326 e. The van der Waals surface area contributed by atoms with Gasteiger partial charge < -0.3 is 14.8 Å². The maximum atomic E-state index is 12.3. The van der Waals surface area contributed by atoms with E-state index in [1.54, 1.807) is 43.5 Å². The van der Waals surface area contributed by atoms with Crippen LogP contribution in [0.25, 0.3) is 0 Å². The molecule has 2 aromatic rings. The lowest BCUT2D eigenvalue weighted by molar-refractivity contribution is -0.155. The van der Waals surface area contributed by atoms with Crippen molar-refractivity contribution in [1.29, 1.82) is 0 Å². The number of esters is 1. The molecule has 0 saturated carbocycles. The minimum atomic E-state index is -1.07. The quantitative estimate of drug-likeness (QED) is 0.563. The van der Waals surface area contributed by atoms with Crippen molar-refractivity contribution >= 4 is 23.7 Å². The van der Waals surface area contributed by atoms with E-state index in [2.05, 4.69) is 5.32 Å². The second-order valence-electron chi connectivity index (χ2n) is 6.44. The van der Waals surface area contributed by atoms with Crippen molar-refractivity contribution in [2.24, 2.45) is 0 Å². The van der Waals surface area contributed by atoms with Crippen LogP contribution in [-0.2, 0) is 20.9 Å². The molecule has 1 aliphatic rings. The topological polar surface area (TPSA) is 102 Å². The van der Waals surface area contributed by atoms with Crippen LogP contribution >= 0.6 is 0 Å². The minimum Gasteiger partial charge on any atom is -0.497 e. The maximum absolute atomic E-state index is 12.3. The highest BCUT2D eigenvalue weighted by molar-refractivity contribution is 6.22. The van der Waals surface area contributed by atoms with E-state index in [-0.39, 0.29) is 17.7 Å². The Kier molecular flexibility index (Phi) is 5.92. The van der Waals surface area contributed by atoms with Crippen LogP contribution in [0.5, 0.6) is 5.75 Å². The SMILES string of the molecule is COc1ccc(CNC(=O)[C@@H](C)OC(=O)CN2C(=O)c3ccccc3C2=O)cc1. The Morgan fingerprint density at radius 2 is 1.59 bits per heavy atom. The molecule has 3 rings (SSSR count). The number of benzene rings is 2. The van der Waals surface area contributed by atoms with E-state index in [0.29, 0.717) is 5.75 Å². The molecule has 0 radical (unpaired) electrons. The molecule has 2 aromatic carbocycles. The van der Waals surface area contributed by atoms with Crippen LogP contribution in [0.1, 0.15) is 33.2 Å². The molecule has 29 heavy (non-hydrogen) atoms. The van der Waals surface area contributed by atoms with Gasteiger partial charge in [-0.25, -0.2) is 0 Å². The molecule has 1 atom stereocenters. The molecule has 0 fully saturated rings. The highest BCUT2D eigenvalue weighted by Crippen LogP contribution is 2.22. The summed E-state index contributed by atoms with van der Waals surface area (Å²) in [6, 6.07) is 13.5. The molecule has 8 nitrogen and oxygen atoms in total. The predicted octanol–water partition coefficient (Wildman–Crippen LogP) is 1.54. The third kappa shape index (κ3) is 4.43. The number of carbonyl (C=O) groups excluding carboxylic acids is 4. The zero-order valence-electron chi connectivity index (χ0n) is 16.0. The molecular weight excluding hydrogens is 376 g/mol. The molecule has 0 spiro atoms. The van der Waals surface area contributed by atoms with Gasteiger partial charge in [-0.2, -0.15) is 0 Å². The van der Waals surface area contributed by atoms with E-state index in [1.165, 1.54) is 19.1 Å². The van der Waals surface area contributed by atoms with E-state index in [4.69, 9.17) is 9.47 Å². The fourth-order valence-electron chi connectivity index (χ4n) is 2.88. The van der Waals surface area contributed by atoms with Crippen molar-refractivity contribution in [3.63, 3.8) is 0 Å². The van der Waals surface area contributed by atoms with E-state index in [1.807, 2.05) is 0 Å². The first kappa shape index (κ1) is 20.1. The lowest BCUT2D eigenvalue weighted by Crippen LogP contribution is -2.40. The second-order valence-corrected chi connectivity index (χ2v) is 6.44. The van der Waals surface area contributed by atoms with Crippen molar-refractivity contribution < 1.29 is 28.7 Å². The summed E-state index contributed by atoms with van der Waals surface area (Å²) in [6.07, 6.45) is -1.07. The van der Waals surface area contributed by atoms with Crippen molar-refractivity contribution in [2.75, 3.05) is 13.7 Å². The third-order valence-corrected chi connectivity index (χ3v) is 4.47. The van der Waals surface area contributed by atoms with Crippen molar-refractivity contribution in [1.82, 2.24) is 10.2 Å². The van der Waals surface area contributed by atoms with Gasteiger partial charge in [-0.15, -0.1) is 0 Å². The Morgan fingerprint density at radius 3 is 2.14 bits per heavy atom. The molecule has 0 saturated heterocycles. The molecule has 0 unspecified atom stereocenters. The van der Waals surface area contributed by atoms with Gasteiger partial charge in [0.2, 0.25) is 0 Å². The Balaban J connectivity index is 1.50. The zero-order chi connectivity index (χ0) is 21.0. The Hall–Kier alpha value is -3.68. The summed E-state index contributed by atoms with van der Waals surface area (Å²) in [7, 11) is 1.56. The van der Waals surface area contributed by atoms with Crippen molar-refractivity contribution in [3.8, 4) is 5.75 Å². The van der Waals surface area contributed by atoms with Gasteiger partial charge in [0.1, 0.15) is 12.3 Å². The summed E-state index contributed by atoms with van der Waals surface area (Å²) in [5, 5.41) is 2.66. The number of nitrogens with one attached hydrogen (secondary N) is 1. The number of methoxy groups -OCH3 is 1. The smallest absolute Gasteiger partial charge is 0.326 e.